The van der Waals surface area contributed by atoms with Crippen LogP contribution in [0.25, 0.3) is 0 Å². The van der Waals surface area contributed by atoms with Gasteiger partial charge in [-0.1, -0.05) is 17.7 Å². The molecule has 7 nitrogen and oxygen atoms in total. The van der Waals surface area contributed by atoms with Crippen LogP contribution in [0, 0.1) is 17.0 Å². The molecule has 0 saturated heterocycles. The third kappa shape index (κ3) is 4.60. The molecule has 0 aromatic heterocycles. The fourth-order valence-corrected chi connectivity index (χ4v) is 2.25. The van der Waals surface area contributed by atoms with Crippen LogP contribution >= 0.6 is 11.6 Å². The fourth-order valence-electron chi connectivity index (χ4n) is 2.09. The Kier molecular flexibility index (Phi) is 5.82. The number of hydrogen-bond acceptors (Lipinski definition) is 5. The third-order valence-corrected chi connectivity index (χ3v) is 3.86. The smallest absolute Gasteiger partial charge is 0.273 e. The first-order valence-electron chi connectivity index (χ1n) is 7.38. The molecule has 0 aliphatic rings. The number of aryl methyl sites for hydroxylation is 1. The Balaban J connectivity index is 2.12. The highest BCUT2D eigenvalue weighted by molar-refractivity contribution is 6.31. The normalized spacial score (nSPS) is 11.5. The van der Waals surface area contributed by atoms with E-state index in [9.17, 15) is 14.9 Å². The van der Waals surface area contributed by atoms with Gasteiger partial charge in [0, 0.05) is 17.2 Å². The van der Waals surface area contributed by atoms with Crippen molar-refractivity contribution in [1.29, 1.82) is 0 Å². The number of nitro benzene ring substituents is 1. The van der Waals surface area contributed by atoms with Gasteiger partial charge in [-0.25, -0.2) is 0 Å². The summed E-state index contributed by atoms with van der Waals surface area (Å²) in [4.78, 5) is 22.6. The van der Waals surface area contributed by atoms with Gasteiger partial charge in [0.05, 0.1) is 23.8 Å². The van der Waals surface area contributed by atoms with E-state index < -0.39 is 16.9 Å². The van der Waals surface area contributed by atoms with Crippen LogP contribution in [0.5, 0.6) is 11.5 Å². The summed E-state index contributed by atoms with van der Waals surface area (Å²) in [5.41, 5.74) is 1.13. The number of nitrogens with zero attached hydrogens (tertiary/aromatic N) is 1. The van der Waals surface area contributed by atoms with Crippen molar-refractivity contribution in [1.82, 2.24) is 0 Å². The van der Waals surface area contributed by atoms with Gasteiger partial charge in [-0.2, -0.15) is 0 Å². The molecule has 2 aromatic rings. The monoisotopic (exact) mass is 364 g/mol. The van der Waals surface area contributed by atoms with E-state index in [-0.39, 0.29) is 11.4 Å². The van der Waals surface area contributed by atoms with Crippen LogP contribution in [0.3, 0.4) is 0 Å². The van der Waals surface area contributed by atoms with Crippen LogP contribution in [0.1, 0.15) is 12.5 Å². The summed E-state index contributed by atoms with van der Waals surface area (Å²) in [5.74, 6) is 0.231. The predicted molar refractivity (Wildman–Crippen MR) is 94.6 cm³/mol. The van der Waals surface area contributed by atoms with Crippen molar-refractivity contribution >= 4 is 28.9 Å². The van der Waals surface area contributed by atoms with Gasteiger partial charge in [0.15, 0.2) is 6.10 Å². The molecule has 25 heavy (non-hydrogen) atoms. The molecule has 0 aliphatic heterocycles. The molecule has 0 aliphatic carbocycles. The van der Waals surface area contributed by atoms with Crippen LogP contribution in [-0.4, -0.2) is 24.0 Å². The number of halogens is 1. The Morgan fingerprint density at radius 3 is 2.68 bits per heavy atom. The number of ether oxygens (including phenoxy) is 2. The quantitative estimate of drug-likeness (QED) is 0.618. The van der Waals surface area contributed by atoms with E-state index in [1.165, 1.54) is 25.3 Å². The van der Waals surface area contributed by atoms with Gasteiger partial charge in [-0.3, -0.25) is 14.9 Å². The number of anilines is 1. The molecule has 8 heteroatoms. The SMILES string of the molecule is COc1cc(Cl)c(C)cc1NC(=O)[C@H](C)Oc1cccc([N+](=O)[O-])c1. The first-order valence-corrected chi connectivity index (χ1v) is 7.75. The van der Waals surface area contributed by atoms with E-state index in [1.54, 1.807) is 32.0 Å². The summed E-state index contributed by atoms with van der Waals surface area (Å²) in [7, 11) is 1.47. The Morgan fingerprint density at radius 2 is 2.04 bits per heavy atom. The first-order chi connectivity index (χ1) is 11.8. The zero-order valence-corrected chi connectivity index (χ0v) is 14.7. The minimum absolute atomic E-state index is 0.111. The van der Waals surface area contributed by atoms with Crippen LogP contribution in [0.4, 0.5) is 11.4 Å². The Morgan fingerprint density at radius 1 is 1.32 bits per heavy atom. The average molecular weight is 365 g/mol. The number of carbonyl (C=O) groups excluding carboxylic acids is 1. The van der Waals surface area contributed by atoms with Crippen molar-refractivity contribution in [2.75, 3.05) is 12.4 Å². The second-order valence-corrected chi connectivity index (χ2v) is 5.71. The molecule has 1 atom stereocenters. The molecular weight excluding hydrogens is 348 g/mol. The van der Waals surface area contributed by atoms with Gasteiger partial charge >= 0.3 is 0 Å². The van der Waals surface area contributed by atoms with E-state index in [1.807, 2.05) is 0 Å². The van der Waals surface area contributed by atoms with Crippen LogP contribution < -0.4 is 14.8 Å². The van der Waals surface area contributed by atoms with Crippen LogP contribution in [0.2, 0.25) is 5.02 Å². The van der Waals surface area contributed by atoms with Crippen molar-refractivity contribution in [3.8, 4) is 11.5 Å². The van der Waals surface area contributed by atoms with Gasteiger partial charge in [-0.05, 0) is 31.5 Å². The average Bonchev–Trinajstić information content (AvgIpc) is 2.58. The van der Waals surface area contributed by atoms with Crippen molar-refractivity contribution in [3.63, 3.8) is 0 Å². The number of nitro groups is 1. The molecule has 1 amide bonds. The van der Waals surface area contributed by atoms with Crippen LogP contribution in [0.15, 0.2) is 36.4 Å². The summed E-state index contributed by atoms with van der Waals surface area (Å²) in [6.45, 7) is 3.35. The second kappa shape index (κ2) is 7.85. The number of non-ortho nitro benzene ring substituents is 1. The molecule has 132 valence electrons. The number of hydrogen-bond donors (Lipinski definition) is 1. The van der Waals surface area contributed by atoms with Gasteiger partial charge in [0.25, 0.3) is 11.6 Å². The topological polar surface area (TPSA) is 90.7 Å². The number of carbonyl (C=O) groups is 1. The highest BCUT2D eigenvalue weighted by atomic mass is 35.5. The third-order valence-electron chi connectivity index (χ3n) is 3.45. The lowest BCUT2D eigenvalue weighted by Gasteiger charge is -2.17. The first kappa shape index (κ1) is 18.5. The van der Waals surface area contributed by atoms with E-state index in [4.69, 9.17) is 21.1 Å². The summed E-state index contributed by atoms with van der Waals surface area (Å²) < 4.78 is 10.7. The molecule has 2 aromatic carbocycles. The Labute approximate surface area is 149 Å². The number of benzene rings is 2. The summed E-state index contributed by atoms with van der Waals surface area (Å²) in [5, 5.41) is 14.0. The van der Waals surface area contributed by atoms with E-state index in [0.29, 0.717) is 16.5 Å². The van der Waals surface area contributed by atoms with E-state index in [2.05, 4.69) is 5.32 Å². The lowest BCUT2D eigenvalue weighted by molar-refractivity contribution is -0.384. The van der Waals surface area contributed by atoms with E-state index >= 15 is 0 Å². The van der Waals surface area contributed by atoms with Crippen molar-refractivity contribution in [2.24, 2.45) is 0 Å². The maximum atomic E-state index is 12.3. The van der Waals surface area contributed by atoms with Gasteiger partial charge in [0.1, 0.15) is 11.5 Å². The van der Waals surface area contributed by atoms with Crippen molar-refractivity contribution in [3.05, 3.63) is 57.1 Å². The molecule has 0 fully saturated rings. The van der Waals surface area contributed by atoms with Gasteiger partial charge in [0.2, 0.25) is 0 Å². The zero-order valence-electron chi connectivity index (χ0n) is 13.9. The van der Waals surface area contributed by atoms with Crippen molar-refractivity contribution < 1.29 is 19.2 Å². The highest BCUT2D eigenvalue weighted by Gasteiger charge is 2.18. The van der Waals surface area contributed by atoms with E-state index in [0.717, 1.165) is 5.56 Å². The highest BCUT2D eigenvalue weighted by Crippen LogP contribution is 2.31. The number of amides is 1. The molecule has 0 unspecified atom stereocenters. The number of methoxy groups -OCH3 is 1. The standard InChI is InChI=1S/C17H17ClN2O5/c1-10-7-15(16(24-3)9-14(10)18)19-17(21)11(2)25-13-6-4-5-12(8-13)20(22)23/h4-9,11H,1-3H3,(H,19,21)/t11-/m0/s1. The molecule has 1 N–H and O–H groups in total. The lowest BCUT2D eigenvalue weighted by Crippen LogP contribution is -2.30. The Bertz CT molecular complexity index is 810. The predicted octanol–water partition coefficient (Wildman–Crippen LogP) is 3.97. The minimum Gasteiger partial charge on any atom is -0.495 e. The second-order valence-electron chi connectivity index (χ2n) is 5.31. The molecular formula is C17H17ClN2O5. The Hall–Kier alpha value is -2.80. The molecule has 0 radical (unpaired) electrons. The molecule has 0 bridgehead atoms. The molecule has 0 heterocycles. The fraction of sp³-hybridized carbons (Fsp3) is 0.235. The number of nitrogens with one attached hydrogen (secondary N) is 1. The van der Waals surface area contributed by atoms with Gasteiger partial charge in [-0.15, -0.1) is 0 Å². The largest absolute Gasteiger partial charge is 0.495 e. The molecule has 2 rings (SSSR count). The van der Waals surface area contributed by atoms with Crippen LogP contribution in [-0.2, 0) is 4.79 Å². The van der Waals surface area contributed by atoms with Gasteiger partial charge < -0.3 is 14.8 Å². The van der Waals surface area contributed by atoms with Crippen molar-refractivity contribution in [2.45, 2.75) is 20.0 Å². The summed E-state index contributed by atoms with van der Waals surface area (Å²) >= 11 is 6.04. The maximum absolute atomic E-state index is 12.3. The molecule has 0 spiro atoms. The number of rotatable bonds is 6. The minimum atomic E-state index is -0.873. The maximum Gasteiger partial charge on any atom is 0.273 e. The lowest BCUT2D eigenvalue weighted by atomic mass is 10.2. The summed E-state index contributed by atoms with van der Waals surface area (Å²) in [6, 6.07) is 8.95. The summed E-state index contributed by atoms with van der Waals surface area (Å²) in [6.07, 6.45) is -0.873. The molecule has 0 saturated carbocycles. The zero-order chi connectivity index (χ0) is 18.6.